The topological polar surface area (TPSA) is 73.7 Å². The number of amides is 2. The van der Waals surface area contributed by atoms with E-state index in [9.17, 15) is 9.59 Å². The van der Waals surface area contributed by atoms with Crippen molar-refractivity contribution in [2.24, 2.45) is 0 Å². The first-order valence-electron chi connectivity index (χ1n) is 6.20. The molecule has 0 aliphatic carbocycles. The second-order valence-corrected chi connectivity index (χ2v) is 4.73. The average Bonchev–Trinajstić information content (AvgIpc) is 2.65. The van der Waals surface area contributed by atoms with Gasteiger partial charge in [-0.3, -0.25) is 9.78 Å². The molecule has 0 bridgehead atoms. The van der Waals surface area contributed by atoms with Gasteiger partial charge in [0.2, 0.25) is 0 Å². The monoisotopic (exact) mass is 263 g/mol. The van der Waals surface area contributed by atoms with Crippen molar-refractivity contribution in [2.75, 3.05) is 13.6 Å². The van der Waals surface area contributed by atoms with Crippen LogP contribution in [0.25, 0.3) is 0 Å². The fourth-order valence-corrected chi connectivity index (χ4v) is 2.29. The molecule has 0 saturated carbocycles. The van der Waals surface area contributed by atoms with Gasteiger partial charge in [0, 0.05) is 39.0 Å². The third-order valence-corrected chi connectivity index (χ3v) is 3.29. The van der Waals surface area contributed by atoms with E-state index in [0.29, 0.717) is 19.5 Å². The van der Waals surface area contributed by atoms with E-state index in [-0.39, 0.29) is 18.5 Å². The zero-order valence-corrected chi connectivity index (χ0v) is 10.8. The number of carboxylic acids is 1. The van der Waals surface area contributed by atoms with Crippen LogP contribution in [0.2, 0.25) is 0 Å². The van der Waals surface area contributed by atoms with Gasteiger partial charge in [0.25, 0.3) is 0 Å². The molecule has 2 amide bonds. The van der Waals surface area contributed by atoms with E-state index in [1.165, 1.54) is 0 Å². The van der Waals surface area contributed by atoms with Crippen molar-refractivity contribution >= 4 is 12.0 Å². The van der Waals surface area contributed by atoms with E-state index in [0.717, 1.165) is 5.56 Å². The highest BCUT2D eigenvalue weighted by Crippen LogP contribution is 2.21. The summed E-state index contributed by atoms with van der Waals surface area (Å²) in [6.07, 6.45) is 3.94. The minimum atomic E-state index is -0.828. The van der Waals surface area contributed by atoms with Crippen LogP contribution in [0.4, 0.5) is 4.79 Å². The summed E-state index contributed by atoms with van der Waals surface area (Å²) >= 11 is 0. The lowest BCUT2D eigenvalue weighted by atomic mass is 10.1. The van der Waals surface area contributed by atoms with E-state index in [1.54, 1.807) is 29.2 Å². The van der Waals surface area contributed by atoms with Crippen LogP contribution in [0, 0.1) is 0 Å². The largest absolute Gasteiger partial charge is 0.481 e. The molecule has 1 aromatic rings. The lowest BCUT2D eigenvalue weighted by Crippen LogP contribution is -2.34. The molecule has 1 saturated heterocycles. The van der Waals surface area contributed by atoms with Crippen LogP contribution in [0.15, 0.2) is 24.5 Å². The Morgan fingerprint density at radius 2 is 2.16 bits per heavy atom. The fraction of sp³-hybridized carbons (Fsp3) is 0.462. The standard InChI is InChI=1S/C13H17N3O3/c1-15-9-11(2-3-12(17)18)16(13(15)19)8-10-4-6-14-7-5-10/h4-7,11H,2-3,8-9H2,1H3,(H,17,18). The normalized spacial score (nSPS) is 19.0. The first-order chi connectivity index (χ1) is 9.08. The highest BCUT2D eigenvalue weighted by molar-refractivity contribution is 5.77. The van der Waals surface area contributed by atoms with Crippen molar-refractivity contribution in [3.8, 4) is 0 Å². The second kappa shape index (κ2) is 5.69. The smallest absolute Gasteiger partial charge is 0.320 e. The summed E-state index contributed by atoms with van der Waals surface area (Å²) in [7, 11) is 1.74. The third kappa shape index (κ3) is 3.21. The first-order valence-corrected chi connectivity index (χ1v) is 6.20. The number of carboxylic acid groups (broad SMARTS) is 1. The number of likely N-dealkylation sites (N-methyl/N-ethyl adjacent to an activating group) is 1. The molecule has 6 nitrogen and oxygen atoms in total. The Balaban J connectivity index is 2.05. The minimum absolute atomic E-state index is 0.0400. The molecule has 1 N–H and O–H groups in total. The number of carbonyl (C=O) groups excluding carboxylic acids is 1. The molecule has 1 fully saturated rings. The Morgan fingerprint density at radius 1 is 1.47 bits per heavy atom. The van der Waals surface area contributed by atoms with Crippen molar-refractivity contribution in [1.29, 1.82) is 0 Å². The van der Waals surface area contributed by atoms with Gasteiger partial charge in [-0.2, -0.15) is 0 Å². The maximum absolute atomic E-state index is 12.1. The molecule has 2 heterocycles. The molecule has 0 spiro atoms. The summed E-state index contributed by atoms with van der Waals surface area (Å²) in [6, 6.07) is 3.63. The second-order valence-electron chi connectivity index (χ2n) is 4.73. The maximum Gasteiger partial charge on any atom is 0.320 e. The molecule has 1 aliphatic rings. The number of hydrogen-bond donors (Lipinski definition) is 1. The Kier molecular flexibility index (Phi) is 3.99. The Labute approximate surface area is 111 Å². The molecule has 1 aliphatic heterocycles. The van der Waals surface area contributed by atoms with Crippen LogP contribution >= 0.6 is 0 Å². The number of hydrogen-bond acceptors (Lipinski definition) is 3. The van der Waals surface area contributed by atoms with Gasteiger partial charge in [0.15, 0.2) is 0 Å². The van der Waals surface area contributed by atoms with Gasteiger partial charge in [-0.1, -0.05) is 0 Å². The number of pyridine rings is 1. The highest BCUT2D eigenvalue weighted by atomic mass is 16.4. The van der Waals surface area contributed by atoms with E-state index >= 15 is 0 Å². The quantitative estimate of drug-likeness (QED) is 0.865. The van der Waals surface area contributed by atoms with Gasteiger partial charge >= 0.3 is 12.0 Å². The van der Waals surface area contributed by atoms with Crippen molar-refractivity contribution in [1.82, 2.24) is 14.8 Å². The number of nitrogens with zero attached hydrogens (tertiary/aromatic N) is 3. The number of aliphatic carboxylic acids is 1. The lowest BCUT2D eigenvalue weighted by molar-refractivity contribution is -0.137. The van der Waals surface area contributed by atoms with Crippen LogP contribution < -0.4 is 0 Å². The molecule has 0 radical (unpaired) electrons. The molecule has 0 aromatic carbocycles. The molecule has 102 valence electrons. The van der Waals surface area contributed by atoms with Crippen molar-refractivity contribution in [3.05, 3.63) is 30.1 Å². The number of carbonyl (C=O) groups is 2. The Morgan fingerprint density at radius 3 is 2.79 bits per heavy atom. The van der Waals surface area contributed by atoms with Gasteiger partial charge < -0.3 is 14.9 Å². The van der Waals surface area contributed by atoms with Crippen molar-refractivity contribution in [3.63, 3.8) is 0 Å². The summed E-state index contributed by atoms with van der Waals surface area (Å²) < 4.78 is 0. The zero-order valence-electron chi connectivity index (χ0n) is 10.8. The van der Waals surface area contributed by atoms with E-state index in [4.69, 9.17) is 5.11 Å². The third-order valence-electron chi connectivity index (χ3n) is 3.29. The SMILES string of the molecule is CN1CC(CCC(=O)O)N(Cc2ccncc2)C1=O. The van der Waals surface area contributed by atoms with Crippen LogP contribution in [-0.2, 0) is 11.3 Å². The van der Waals surface area contributed by atoms with Crippen LogP contribution in [0.1, 0.15) is 18.4 Å². The van der Waals surface area contributed by atoms with Crippen molar-refractivity contribution < 1.29 is 14.7 Å². The van der Waals surface area contributed by atoms with Gasteiger partial charge in [0.05, 0.1) is 6.04 Å². The zero-order chi connectivity index (χ0) is 13.8. The van der Waals surface area contributed by atoms with Gasteiger partial charge in [-0.25, -0.2) is 4.79 Å². The first kappa shape index (κ1) is 13.3. The molecule has 1 aromatic heterocycles. The van der Waals surface area contributed by atoms with Gasteiger partial charge in [-0.15, -0.1) is 0 Å². The molecule has 1 atom stereocenters. The minimum Gasteiger partial charge on any atom is -0.481 e. The summed E-state index contributed by atoms with van der Waals surface area (Å²) in [5.74, 6) is -0.828. The number of aromatic nitrogens is 1. The predicted octanol–water partition coefficient (Wildman–Crippen LogP) is 1.18. The Bertz CT molecular complexity index is 463. The summed E-state index contributed by atoms with van der Waals surface area (Å²) in [6.45, 7) is 1.08. The summed E-state index contributed by atoms with van der Waals surface area (Å²) in [5, 5.41) is 8.76. The molecule has 2 rings (SSSR count). The molecule has 1 unspecified atom stereocenters. The van der Waals surface area contributed by atoms with E-state index in [1.807, 2.05) is 12.1 Å². The molecular weight excluding hydrogens is 246 g/mol. The summed E-state index contributed by atoms with van der Waals surface area (Å²) in [4.78, 5) is 30.0. The van der Waals surface area contributed by atoms with E-state index < -0.39 is 5.97 Å². The van der Waals surface area contributed by atoms with Crippen LogP contribution in [-0.4, -0.2) is 51.5 Å². The van der Waals surface area contributed by atoms with Crippen LogP contribution in [0.5, 0.6) is 0 Å². The average molecular weight is 263 g/mol. The van der Waals surface area contributed by atoms with E-state index in [2.05, 4.69) is 4.98 Å². The molecule has 6 heteroatoms. The number of rotatable bonds is 5. The predicted molar refractivity (Wildman–Crippen MR) is 68.5 cm³/mol. The maximum atomic E-state index is 12.1. The fourth-order valence-electron chi connectivity index (χ4n) is 2.29. The van der Waals surface area contributed by atoms with Gasteiger partial charge in [-0.05, 0) is 24.1 Å². The summed E-state index contributed by atoms with van der Waals surface area (Å²) in [5.41, 5.74) is 0.999. The van der Waals surface area contributed by atoms with Gasteiger partial charge in [0.1, 0.15) is 0 Å². The van der Waals surface area contributed by atoms with Crippen LogP contribution in [0.3, 0.4) is 0 Å². The highest BCUT2D eigenvalue weighted by Gasteiger charge is 2.34. The lowest BCUT2D eigenvalue weighted by Gasteiger charge is -2.22. The Hall–Kier alpha value is -2.11. The molecule has 19 heavy (non-hydrogen) atoms. The number of urea groups is 1. The molecular formula is C13H17N3O3. The van der Waals surface area contributed by atoms with Crippen molar-refractivity contribution in [2.45, 2.75) is 25.4 Å².